The van der Waals surface area contributed by atoms with Crippen LogP contribution in [0.3, 0.4) is 0 Å². The fourth-order valence-corrected chi connectivity index (χ4v) is 10.5. The molecule has 0 radical (unpaired) electrons. The zero-order chi connectivity index (χ0) is 57.8. The molecule has 0 heterocycles. The van der Waals surface area contributed by atoms with Crippen molar-refractivity contribution >= 4 is 17.9 Å². The van der Waals surface area contributed by atoms with Gasteiger partial charge in [0.05, 0.1) is 0 Å². The molecule has 466 valence electrons. The summed E-state index contributed by atoms with van der Waals surface area (Å²) in [5, 5.41) is 0. The number of carbonyl (C=O) groups excluding carboxylic acids is 3. The van der Waals surface area contributed by atoms with Crippen molar-refractivity contribution < 1.29 is 28.6 Å². The van der Waals surface area contributed by atoms with E-state index in [0.717, 1.165) is 83.5 Å². The average molecular weight is 1120 g/mol. The molecule has 0 aliphatic carbocycles. The van der Waals surface area contributed by atoms with Crippen molar-refractivity contribution in [2.45, 2.75) is 380 Å². The van der Waals surface area contributed by atoms with Gasteiger partial charge in [-0.1, -0.05) is 332 Å². The molecule has 0 bridgehead atoms. The van der Waals surface area contributed by atoms with Crippen LogP contribution < -0.4 is 0 Å². The summed E-state index contributed by atoms with van der Waals surface area (Å²) in [6, 6.07) is 0. The maximum atomic E-state index is 13.0. The van der Waals surface area contributed by atoms with Crippen LogP contribution in [0.4, 0.5) is 0 Å². The van der Waals surface area contributed by atoms with Crippen molar-refractivity contribution in [1.29, 1.82) is 0 Å². The van der Waals surface area contributed by atoms with Gasteiger partial charge in [0.1, 0.15) is 13.2 Å². The van der Waals surface area contributed by atoms with E-state index in [2.05, 4.69) is 81.5 Å². The highest BCUT2D eigenvalue weighted by atomic mass is 16.6. The van der Waals surface area contributed by atoms with Crippen LogP contribution >= 0.6 is 0 Å². The summed E-state index contributed by atoms with van der Waals surface area (Å²) in [5.74, 6) is -0.851. The zero-order valence-corrected chi connectivity index (χ0v) is 53.6. The van der Waals surface area contributed by atoms with Crippen LogP contribution in [0.1, 0.15) is 374 Å². The molecule has 0 saturated carbocycles. The lowest BCUT2D eigenvalue weighted by Crippen LogP contribution is -2.30. The lowest BCUT2D eigenvalue weighted by Gasteiger charge is -2.18. The van der Waals surface area contributed by atoms with Gasteiger partial charge in [-0.3, -0.25) is 14.4 Å². The Morgan fingerprint density at radius 3 is 0.775 bits per heavy atom. The van der Waals surface area contributed by atoms with Crippen LogP contribution in [0.5, 0.6) is 0 Å². The van der Waals surface area contributed by atoms with E-state index >= 15 is 0 Å². The van der Waals surface area contributed by atoms with Crippen molar-refractivity contribution in [1.82, 2.24) is 0 Å². The van der Waals surface area contributed by atoms with Crippen molar-refractivity contribution in [3.63, 3.8) is 0 Å². The quantitative estimate of drug-likeness (QED) is 0.0261. The normalized spacial score (nSPS) is 12.4. The van der Waals surface area contributed by atoms with E-state index in [4.69, 9.17) is 14.2 Å². The van der Waals surface area contributed by atoms with Crippen molar-refractivity contribution in [2.24, 2.45) is 0 Å². The molecule has 0 spiro atoms. The molecule has 1 atom stereocenters. The van der Waals surface area contributed by atoms with Crippen LogP contribution in [0, 0.1) is 0 Å². The molecule has 0 rings (SSSR count). The van der Waals surface area contributed by atoms with E-state index in [-0.39, 0.29) is 31.1 Å². The van der Waals surface area contributed by atoms with Gasteiger partial charge in [-0.15, -0.1) is 0 Å². The van der Waals surface area contributed by atoms with Crippen molar-refractivity contribution in [2.75, 3.05) is 13.2 Å². The van der Waals surface area contributed by atoms with Crippen molar-refractivity contribution in [3.05, 3.63) is 60.8 Å². The number of hydrogen-bond acceptors (Lipinski definition) is 6. The smallest absolute Gasteiger partial charge is 0.306 e. The molecule has 0 aliphatic rings. The molecule has 0 N–H and O–H groups in total. The summed E-state index contributed by atoms with van der Waals surface area (Å²) >= 11 is 0. The minimum Gasteiger partial charge on any atom is -0.462 e. The Labute approximate surface area is 498 Å². The summed E-state index contributed by atoms with van der Waals surface area (Å²) in [7, 11) is 0. The fourth-order valence-electron chi connectivity index (χ4n) is 10.5. The maximum absolute atomic E-state index is 13.0. The summed E-state index contributed by atoms with van der Waals surface area (Å²) in [6.07, 6.45) is 88.1. The highest BCUT2D eigenvalue weighted by Crippen LogP contribution is 2.18. The van der Waals surface area contributed by atoms with Crippen LogP contribution in [0.15, 0.2) is 60.8 Å². The Morgan fingerprint density at radius 2 is 0.487 bits per heavy atom. The molecule has 0 aromatic carbocycles. The first-order chi connectivity index (χ1) is 39.5. The molecule has 0 aromatic rings. The largest absolute Gasteiger partial charge is 0.462 e. The Morgan fingerprint density at radius 1 is 0.263 bits per heavy atom. The Balaban J connectivity index is 4.28. The second-order valence-electron chi connectivity index (χ2n) is 23.8. The lowest BCUT2D eigenvalue weighted by molar-refractivity contribution is -0.167. The van der Waals surface area contributed by atoms with E-state index in [1.165, 1.54) is 250 Å². The third-order valence-electron chi connectivity index (χ3n) is 15.8. The molecule has 0 amide bonds. The Hall–Kier alpha value is -2.89. The van der Waals surface area contributed by atoms with Crippen LogP contribution in [0.2, 0.25) is 0 Å². The van der Waals surface area contributed by atoms with E-state index in [1.54, 1.807) is 0 Å². The van der Waals surface area contributed by atoms with Gasteiger partial charge in [0.25, 0.3) is 0 Å². The first-order valence-corrected chi connectivity index (χ1v) is 35.3. The fraction of sp³-hybridized carbons (Fsp3) is 0.824. The molecule has 1 unspecified atom stereocenters. The molecule has 6 heteroatoms. The number of unbranched alkanes of at least 4 members (excludes halogenated alkanes) is 44. The summed E-state index contributed by atoms with van der Waals surface area (Å²) in [4.78, 5) is 38.4. The Kier molecular flexibility index (Phi) is 66.1. The van der Waals surface area contributed by atoms with Gasteiger partial charge < -0.3 is 14.2 Å². The van der Waals surface area contributed by atoms with E-state index in [1.807, 2.05) is 0 Å². The van der Waals surface area contributed by atoms with Gasteiger partial charge >= 0.3 is 17.9 Å². The molecule has 0 saturated heterocycles. The number of allylic oxidation sites excluding steroid dienone is 10. The Bertz CT molecular complexity index is 1430. The van der Waals surface area contributed by atoms with E-state index in [9.17, 15) is 14.4 Å². The van der Waals surface area contributed by atoms with Gasteiger partial charge in [0.15, 0.2) is 6.10 Å². The molecule has 0 aromatic heterocycles. The predicted molar refractivity (Wildman–Crippen MR) is 348 cm³/mol. The van der Waals surface area contributed by atoms with Gasteiger partial charge in [-0.25, -0.2) is 0 Å². The standard InChI is InChI=1S/C74H134O6/c1-4-7-10-13-16-19-22-25-28-30-32-34-36-37-39-40-42-44-46-49-52-55-58-61-64-67-73(76)79-70-71(69-78-72(75)66-63-60-57-54-51-48-27-24-21-18-15-12-9-6-3)80-74(77)68-65-62-59-56-53-50-47-45-43-41-38-35-33-31-29-26-23-20-17-14-11-8-5-2/h8,11,17,20,26,29-30,32-33,35,71H,4-7,9-10,12-16,18-19,21-25,27-28,31,34,36-70H2,1-3H3/b11-8-,20-17-,29-26-,32-30-,35-33-. The van der Waals surface area contributed by atoms with Crippen molar-refractivity contribution in [3.8, 4) is 0 Å². The number of rotatable bonds is 65. The second kappa shape index (κ2) is 68.6. The third-order valence-corrected chi connectivity index (χ3v) is 15.8. The minimum atomic E-state index is -0.776. The lowest BCUT2D eigenvalue weighted by atomic mass is 10.0. The highest BCUT2D eigenvalue weighted by Gasteiger charge is 2.19. The maximum Gasteiger partial charge on any atom is 0.306 e. The van der Waals surface area contributed by atoms with Gasteiger partial charge in [0, 0.05) is 19.3 Å². The number of hydrogen-bond donors (Lipinski definition) is 0. The molecule has 0 aliphatic heterocycles. The molecule has 80 heavy (non-hydrogen) atoms. The SMILES string of the molecule is CC/C=C\C/C=C\C/C=C\C/C=C\CCCCCCCCCCCCC(=O)OC(COC(=O)CCCCCCCCCCCCCCCC)COC(=O)CCCCCCCCCCCCCCC/C=C\CCCCCCCCCC. The predicted octanol–water partition coefficient (Wildman–Crippen LogP) is 24.3. The summed E-state index contributed by atoms with van der Waals surface area (Å²) < 4.78 is 17.0. The van der Waals surface area contributed by atoms with Gasteiger partial charge in [-0.2, -0.15) is 0 Å². The second-order valence-corrected chi connectivity index (χ2v) is 23.8. The van der Waals surface area contributed by atoms with Gasteiger partial charge in [-0.05, 0) is 83.5 Å². The highest BCUT2D eigenvalue weighted by molar-refractivity contribution is 5.71. The first-order valence-electron chi connectivity index (χ1n) is 35.3. The number of esters is 3. The molecular weight excluding hydrogens is 985 g/mol. The van der Waals surface area contributed by atoms with E-state index < -0.39 is 6.10 Å². The monoisotopic (exact) mass is 1120 g/mol. The molecule has 6 nitrogen and oxygen atoms in total. The summed E-state index contributed by atoms with van der Waals surface area (Å²) in [6.45, 7) is 6.59. The number of ether oxygens (including phenoxy) is 3. The van der Waals surface area contributed by atoms with Gasteiger partial charge in [0.2, 0.25) is 0 Å². The minimum absolute atomic E-state index is 0.0712. The molecular formula is C74H134O6. The van der Waals surface area contributed by atoms with Crippen LogP contribution in [0.25, 0.3) is 0 Å². The number of carbonyl (C=O) groups is 3. The topological polar surface area (TPSA) is 78.9 Å². The summed E-state index contributed by atoms with van der Waals surface area (Å²) in [5.41, 5.74) is 0. The average Bonchev–Trinajstić information content (AvgIpc) is 3.46. The van der Waals surface area contributed by atoms with Crippen LogP contribution in [-0.2, 0) is 28.6 Å². The van der Waals surface area contributed by atoms with E-state index in [0.29, 0.717) is 19.3 Å². The third kappa shape index (κ3) is 65.9. The molecule has 0 fully saturated rings. The van der Waals surface area contributed by atoms with Crippen LogP contribution in [-0.4, -0.2) is 37.2 Å². The zero-order valence-electron chi connectivity index (χ0n) is 53.6. The first kappa shape index (κ1) is 77.1.